The van der Waals surface area contributed by atoms with Gasteiger partial charge in [-0.1, -0.05) is 31.9 Å². The molecular weight excluding hydrogens is 237 g/mol. The van der Waals surface area contributed by atoms with Gasteiger partial charge < -0.3 is 5.32 Å². The molecule has 1 aromatic carbocycles. The Hall–Kier alpha value is -0.890. The number of halogens is 1. The second kappa shape index (κ2) is 5.24. The lowest BCUT2D eigenvalue weighted by Crippen LogP contribution is -2.49. The molecule has 0 bridgehead atoms. The maximum Gasteiger partial charge on any atom is 0.123 e. The van der Waals surface area contributed by atoms with Gasteiger partial charge in [0.1, 0.15) is 5.82 Å². The summed E-state index contributed by atoms with van der Waals surface area (Å²) in [6.45, 7) is 3.28. The Labute approximate surface area is 115 Å². The van der Waals surface area contributed by atoms with Gasteiger partial charge in [-0.3, -0.25) is 0 Å². The van der Waals surface area contributed by atoms with E-state index < -0.39 is 0 Å². The van der Waals surface area contributed by atoms with E-state index in [1.54, 1.807) is 12.1 Å². The van der Waals surface area contributed by atoms with E-state index in [4.69, 9.17) is 0 Å². The third-order valence-corrected chi connectivity index (χ3v) is 4.80. The predicted molar refractivity (Wildman–Crippen MR) is 76.7 cm³/mol. The summed E-state index contributed by atoms with van der Waals surface area (Å²) in [5, 5.41) is 3.66. The van der Waals surface area contributed by atoms with Crippen molar-refractivity contribution in [1.29, 1.82) is 0 Å². The Morgan fingerprint density at radius 1 is 1.32 bits per heavy atom. The summed E-state index contributed by atoms with van der Waals surface area (Å²) in [5.41, 5.74) is 1.40. The molecule has 0 amide bonds. The van der Waals surface area contributed by atoms with Crippen molar-refractivity contribution in [3.63, 3.8) is 0 Å². The fourth-order valence-corrected chi connectivity index (χ4v) is 3.59. The van der Waals surface area contributed by atoms with E-state index in [0.29, 0.717) is 0 Å². The van der Waals surface area contributed by atoms with Crippen molar-refractivity contribution in [2.75, 3.05) is 6.54 Å². The molecule has 2 saturated carbocycles. The molecule has 0 atom stereocenters. The number of hydrogen-bond acceptors (Lipinski definition) is 1. The minimum Gasteiger partial charge on any atom is -0.313 e. The molecule has 0 saturated heterocycles. The monoisotopic (exact) mass is 261 g/mol. The zero-order valence-electron chi connectivity index (χ0n) is 11.8. The van der Waals surface area contributed by atoms with E-state index in [-0.39, 0.29) is 11.2 Å². The van der Waals surface area contributed by atoms with Crippen molar-refractivity contribution >= 4 is 0 Å². The third-order valence-electron chi connectivity index (χ3n) is 4.80. The molecule has 0 heterocycles. The van der Waals surface area contributed by atoms with Gasteiger partial charge in [0.05, 0.1) is 0 Å². The van der Waals surface area contributed by atoms with E-state index >= 15 is 0 Å². The summed E-state index contributed by atoms with van der Waals surface area (Å²) in [4.78, 5) is 0. The Balaban J connectivity index is 1.72. The summed E-state index contributed by atoms with van der Waals surface area (Å²) >= 11 is 0. The van der Waals surface area contributed by atoms with E-state index in [1.807, 2.05) is 6.07 Å². The smallest absolute Gasteiger partial charge is 0.123 e. The molecule has 3 rings (SSSR count). The summed E-state index contributed by atoms with van der Waals surface area (Å²) in [6.07, 6.45) is 7.67. The Kier molecular flexibility index (Phi) is 3.62. The van der Waals surface area contributed by atoms with Gasteiger partial charge in [-0.15, -0.1) is 0 Å². The van der Waals surface area contributed by atoms with E-state index in [1.165, 1.54) is 44.1 Å². The first kappa shape index (κ1) is 13.1. The van der Waals surface area contributed by atoms with Crippen molar-refractivity contribution in [3.8, 4) is 0 Å². The first-order chi connectivity index (χ1) is 9.22. The highest BCUT2D eigenvalue weighted by atomic mass is 19.1. The first-order valence-corrected chi connectivity index (χ1v) is 7.71. The predicted octanol–water partition coefficient (Wildman–Crippen LogP) is 4.03. The molecule has 0 unspecified atom stereocenters. The van der Waals surface area contributed by atoms with E-state index in [2.05, 4.69) is 18.3 Å². The van der Waals surface area contributed by atoms with Gasteiger partial charge in [0.15, 0.2) is 0 Å². The van der Waals surface area contributed by atoms with Gasteiger partial charge in [-0.25, -0.2) is 4.39 Å². The zero-order chi connectivity index (χ0) is 13.3. The van der Waals surface area contributed by atoms with Gasteiger partial charge in [-0.05, 0) is 49.3 Å². The van der Waals surface area contributed by atoms with Crippen LogP contribution in [0.3, 0.4) is 0 Å². The number of hydrogen-bond donors (Lipinski definition) is 1. The summed E-state index contributed by atoms with van der Waals surface area (Å²) in [7, 11) is 0. The van der Waals surface area contributed by atoms with Crippen molar-refractivity contribution in [2.24, 2.45) is 5.92 Å². The topological polar surface area (TPSA) is 12.0 Å². The molecule has 2 fully saturated rings. The van der Waals surface area contributed by atoms with Gasteiger partial charge in [0.2, 0.25) is 0 Å². The van der Waals surface area contributed by atoms with Crippen LogP contribution in [0, 0.1) is 11.7 Å². The molecule has 0 spiro atoms. The van der Waals surface area contributed by atoms with Crippen LogP contribution in [0.25, 0.3) is 0 Å². The van der Waals surface area contributed by atoms with Crippen LogP contribution in [0.1, 0.15) is 51.0 Å². The molecule has 1 N–H and O–H groups in total. The summed E-state index contributed by atoms with van der Waals surface area (Å²) < 4.78 is 13.5. The zero-order valence-corrected chi connectivity index (χ0v) is 11.8. The Bertz CT molecular complexity index is 433. The highest BCUT2D eigenvalue weighted by Gasteiger charge is 2.45. The van der Waals surface area contributed by atoms with Crippen LogP contribution < -0.4 is 5.32 Å². The minimum absolute atomic E-state index is 0.0951. The van der Waals surface area contributed by atoms with Crippen LogP contribution in [-0.4, -0.2) is 12.6 Å². The van der Waals surface area contributed by atoms with Crippen molar-refractivity contribution in [1.82, 2.24) is 5.32 Å². The quantitative estimate of drug-likeness (QED) is 0.815. The molecule has 1 nitrogen and oxygen atoms in total. The van der Waals surface area contributed by atoms with Crippen LogP contribution >= 0.6 is 0 Å². The molecule has 0 aromatic heterocycles. The number of nitrogens with one attached hydrogen (secondary N) is 1. The normalized spacial score (nSPS) is 30.1. The highest BCUT2D eigenvalue weighted by molar-refractivity contribution is 5.30. The second-order valence-electron chi connectivity index (χ2n) is 6.51. The highest BCUT2D eigenvalue weighted by Crippen LogP contribution is 2.49. The lowest BCUT2D eigenvalue weighted by molar-refractivity contribution is 0.128. The first-order valence-electron chi connectivity index (χ1n) is 7.71. The van der Waals surface area contributed by atoms with Crippen molar-refractivity contribution < 1.29 is 4.39 Å². The fraction of sp³-hybridized carbons (Fsp3) is 0.647. The molecule has 0 aliphatic heterocycles. The standard InChI is InChI=1S/C17H24FN/c1-2-4-13-10-17(11-13,12-19-16-7-8-16)14-5-3-6-15(18)9-14/h3,5-6,9,13,16,19H,2,4,7-8,10-12H2,1H3. The van der Waals surface area contributed by atoms with Crippen LogP contribution in [0.15, 0.2) is 24.3 Å². The van der Waals surface area contributed by atoms with Gasteiger partial charge in [0, 0.05) is 18.0 Å². The fourth-order valence-electron chi connectivity index (χ4n) is 3.59. The molecule has 104 valence electrons. The lowest BCUT2D eigenvalue weighted by atomic mass is 9.57. The Morgan fingerprint density at radius 3 is 2.74 bits per heavy atom. The van der Waals surface area contributed by atoms with Crippen molar-refractivity contribution in [2.45, 2.75) is 56.9 Å². The minimum atomic E-state index is -0.0951. The number of benzene rings is 1. The van der Waals surface area contributed by atoms with Crippen LogP contribution in [0.4, 0.5) is 4.39 Å². The lowest BCUT2D eigenvalue weighted by Gasteiger charge is -2.49. The van der Waals surface area contributed by atoms with Crippen LogP contribution in [0.5, 0.6) is 0 Å². The second-order valence-corrected chi connectivity index (χ2v) is 6.51. The molecular formula is C17H24FN. The summed E-state index contributed by atoms with van der Waals surface area (Å²) in [5.74, 6) is 0.747. The van der Waals surface area contributed by atoms with Gasteiger partial charge >= 0.3 is 0 Å². The van der Waals surface area contributed by atoms with Crippen molar-refractivity contribution in [3.05, 3.63) is 35.6 Å². The molecule has 0 radical (unpaired) electrons. The van der Waals surface area contributed by atoms with Gasteiger partial charge in [-0.2, -0.15) is 0 Å². The average molecular weight is 261 g/mol. The molecule has 1 aromatic rings. The third kappa shape index (κ3) is 2.84. The van der Waals surface area contributed by atoms with Crippen LogP contribution in [0.2, 0.25) is 0 Å². The van der Waals surface area contributed by atoms with E-state index in [0.717, 1.165) is 18.5 Å². The molecule has 19 heavy (non-hydrogen) atoms. The Morgan fingerprint density at radius 2 is 2.11 bits per heavy atom. The summed E-state index contributed by atoms with van der Waals surface area (Å²) in [6, 6.07) is 8.00. The SMILES string of the molecule is CCCC1CC(CNC2CC2)(c2cccc(F)c2)C1. The number of rotatable bonds is 6. The average Bonchev–Trinajstić information content (AvgIpc) is 3.16. The van der Waals surface area contributed by atoms with Crippen LogP contribution in [-0.2, 0) is 5.41 Å². The molecule has 2 aliphatic carbocycles. The largest absolute Gasteiger partial charge is 0.313 e. The van der Waals surface area contributed by atoms with Gasteiger partial charge in [0.25, 0.3) is 0 Å². The van der Waals surface area contributed by atoms with E-state index in [9.17, 15) is 4.39 Å². The molecule has 2 aliphatic rings. The maximum atomic E-state index is 13.5. The maximum absolute atomic E-state index is 13.5. The molecule has 2 heteroatoms.